The first-order chi connectivity index (χ1) is 11.8. The summed E-state index contributed by atoms with van der Waals surface area (Å²) in [5.41, 5.74) is 0.580. The summed E-state index contributed by atoms with van der Waals surface area (Å²) in [6, 6.07) is 1.87. The molecule has 3 atom stereocenters. The van der Waals surface area contributed by atoms with E-state index in [0.29, 0.717) is 35.2 Å². The number of carbonyl (C=O) groups is 1. The zero-order valence-electron chi connectivity index (χ0n) is 13.1. The molecular formula is C17H18N4O3. The van der Waals surface area contributed by atoms with Gasteiger partial charge in [-0.05, 0) is 37.5 Å². The van der Waals surface area contributed by atoms with E-state index in [1.165, 1.54) is 0 Å². The van der Waals surface area contributed by atoms with Crippen LogP contribution < -0.4 is 5.32 Å². The van der Waals surface area contributed by atoms with E-state index in [1.807, 2.05) is 6.07 Å². The average Bonchev–Trinajstić information content (AvgIpc) is 3.07. The summed E-state index contributed by atoms with van der Waals surface area (Å²) in [5, 5.41) is 10.8. The van der Waals surface area contributed by atoms with Crippen molar-refractivity contribution in [3.63, 3.8) is 0 Å². The number of rotatable bonds is 5. The molecule has 0 saturated heterocycles. The van der Waals surface area contributed by atoms with Gasteiger partial charge in [-0.1, -0.05) is 22.5 Å². The maximum atomic E-state index is 12.3. The number of fused-ring (bicyclic) bond motifs is 2. The van der Waals surface area contributed by atoms with Gasteiger partial charge in [0.2, 0.25) is 17.6 Å². The Labute approximate surface area is 138 Å². The van der Waals surface area contributed by atoms with Gasteiger partial charge in [0.25, 0.3) is 0 Å². The number of carbonyl (C=O) groups excluding carboxylic acids is 1. The molecule has 3 aliphatic carbocycles. The summed E-state index contributed by atoms with van der Waals surface area (Å²) in [6.45, 7) is 0.247. The van der Waals surface area contributed by atoms with Gasteiger partial charge < -0.3 is 14.4 Å². The van der Waals surface area contributed by atoms with Crippen molar-refractivity contribution >= 4 is 5.91 Å². The zero-order chi connectivity index (χ0) is 16.1. The van der Waals surface area contributed by atoms with Gasteiger partial charge in [0.15, 0.2) is 5.69 Å². The minimum absolute atomic E-state index is 0.0732. The Morgan fingerprint density at radius 2 is 2.12 bits per heavy atom. The molecule has 2 aromatic rings. The monoisotopic (exact) mass is 326 g/mol. The molecule has 0 aromatic carbocycles. The average molecular weight is 326 g/mol. The van der Waals surface area contributed by atoms with Crippen LogP contribution in [0.3, 0.4) is 0 Å². The van der Waals surface area contributed by atoms with Crippen LogP contribution in [-0.2, 0) is 11.3 Å². The molecular weight excluding hydrogens is 308 g/mol. The molecule has 2 heterocycles. The molecule has 3 unspecified atom stereocenters. The van der Waals surface area contributed by atoms with Crippen LogP contribution in [-0.4, -0.2) is 21.2 Å². The molecule has 0 radical (unpaired) electrons. The van der Waals surface area contributed by atoms with Crippen molar-refractivity contribution in [3.8, 4) is 11.5 Å². The van der Waals surface area contributed by atoms with Gasteiger partial charge in [-0.3, -0.25) is 4.79 Å². The fourth-order valence-electron chi connectivity index (χ4n) is 3.76. The van der Waals surface area contributed by atoms with E-state index in [9.17, 15) is 4.79 Å². The minimum atomic E-state index is 0.0732. The van der Waals surface area contributed by atoms with Crippen LogP contribution in [0.5, 0.6) is 0 Å². The number of aromatic nitrogens is 3. The van der Waals surface area contributed by atoms with Crippen molar-refractivity contribution in [3.05, 3.63) is 29.9 Å². The second kappa shape index (κ2) is 5.29. The number of allylic oxidation sites excluding steroid dienone is 2. The van der Waals surface area contributed by atoms with Gasteiger partial charge in [-0.2, -0.15) is 4.98 Å². The highest BCUT2D eigenvalue weighted by Gasteiger charge is 2.39. The molecule has 7 heteroatoms. The molecule has 2 fully saturated rings. The lowest BCUT2D eigenvalue weighted by molar-refractivity contribution is -0.126. The summed E-state index contributed by atoms with van der Waals surface area (Å²) in [7, 11) is 0. The highest BCUT2D eigenvalue weighted by molar-refractivity contribution is 5.79. The lowest BCUT2D eigenvalue weighted by Crippen LogP contribution is -2.32. The molecule has 2 bridgehead atoms. The summed E-state index contributed by atoms with van der Waals surface area (Å²) in [4.78, 5) is 16.6. The third kappa shape index (κ3) is 2.44. The largest absolute Gasteiger partial charge is 0.360 e. The first-order valence-corrected chi connectivity index (χ1v) is 8.52. The molecule has 2 aromatic heterocycles. The van der Waals surface area contributed by atoms with Gasteiger partial charge in [-0.25, -0.2) is 0 Å². The van der Waals surface area contributed by atoms with Crippen molar-refractivity contribution in [1.82, 2.24) is 20.6 Å². The SMILES string of the molecule is O=C(NCc1nc(-c2cc(C3CC3)on2)no1)C1CC2C=CC1C2. The first-order valence-electron chi connectivity index (χ1n) is 8.52. The lowest BCUT2D eigenvalue weighted by Gasteiger charge is -2.16. The van der Waals surface area contributed by atoms with Crippen molar-refractivity contribution in [2.45, 2.75) is 38.1 Å². The van der Waals surface area contributed by atoms with Gasteiger partial charge in [0.1, 0.15) is 5.76 Å². The van der Waals surface area contributed by atoms with Crippen LogP contribution in [0.15, 0.2) is 27.3 Å². The first kappa shape index (κ1) is 13.9. The summed E-state index contributed by atoms with van der Waals surface area (Å²) in [6.07, 6.45) is 8.76. The third-order valence-corrected chi connectivity index (χ3v) is 5.23. The molecule has 2 saturated carbocycles. The Balaban J connectivity index is 1.21. The summed E-state index contributed by atoms with van der Waals surface area (Å²) >= 11 is 0. The predicted molar refractivity (Wildman–Crippen MR) is 82.5 cm³/mol. The van der Waals surface area contributed by atoms with Crippen LogP contribution >= 0.6 is 0 Å². The summed E-state index contributed by atoms with van der Waals surface area (Å²) < 4.78 is 10.5. The van der Waals surface area contributed by atoms with Crippen LogP contribution in [0.25, 0.3) is 11.5 Å². The normalized spacial score (nSPS) is 27.8. The highest BCUT2D eigenvalue weighted by Crippen LogP contribution is 2.43. The van der Waals surface area contributed by atoms with Crippen LogP contribution in [0.1, 0.15) is 43.3 Å². The molecule has 1 N–H and O–H groups in total. The highest BCUT2D eigenvalue weighted by atomic mass is 16.5. The molecule has 5 rings (SSSR count). The molecule has 0 aliphatic heterocycles. The Morgan fingerprint density at radius 3 is 2.88 bits per heavy atom. The van der Waals surface area contributed by atoms with Crippen molar-refractivity contribution in [2.24, 2.45) is 17.8 Å². The van der Waals surface area contributed by atoms with Gasteiger partial charge >= 0.3 is 0 Å². The van der Waals surface area contributed by atoms with E-state index < -0.39 is 0 Å². The smallest absolute Gasteiger partial charge is 0.246 e. The van der Waals surface area contributed by atoms with Crippen LogP contribution in [0.2, 0.25) is 0 Å². The standard InChI is InChI=1S/C17H18N4O3/c22-17(12-6-9-1-2-11(12)5-9)18-8-15-19-16(21-24-15)13-7-14(23-20-13)10-3-4-10/h1-2,7,9-12H,3-6,8H2,(H,18,22). The van der Waals surface area contributed by atoms with Crippen molar-refractivity contribution in [1.29, 1.82) is 0 Å². The molecule has 1 amide bonds. The molecule has 7 nitrogen and oxygen atoms in total. The van der Waals surface area contributed by atoms with E-state index >= 15 is 0 Å². The third-order valence-electron chi connectivity index (χ3n) is 5.23. The Hall–Kier alpha value is -2.44. The molecule has 0 spiro atoms. The minimum Gasteiger partial charge on any atom is -0.360 e. The van der Waals surface area contributed by atoms with Crippen molar-refractivity contribution < 1.29 is 13.8 Å². The number of nitrogens with one attached hydrogen (secondary N) is 1. The molecule has 3 aliphatic rings. The number of amides is 1. The van der Waals surface area contributed by atoms with E-state index in [-0.39, 0.29) is 18.4 Å². The van der Waals surface area contributed by atoms with E-state index in [2.05, 4.69) is 32.8 Å². The van der Waals surface area contributed by atoms with E-state index in [0.717, 1.165) is 31.4 Å². The predicted octanol–water partition coefficient (Wildman–Crippen LogP) is 2.43. The number of hydrogen-bond donors (Lipinski definition) is 1. The van der Waals surface area contributed by atoms with E-state index in [4.69, 9.17) is 9.05 Å². The van der Waals surface area contributed by atoms with Gasteiger partial charge in [0, 0.05) is 17.9 Å². The van der Waals surface area contributed by atoms with Crippen molar-refractivity contribution in [2.75, 3.05) is 0 Å². The zero-order valence-corrected chi connectivity index (χ0v) is 13.1. The topological polar surface area (TPSA) is 94.1 Å². The fourth-order valence-corrected chi connectivity index (χ4v) is 3.76. The maximum absolute atomic E-state index is 12.3. The van der Waals surface area contributed by atoms with Crippen LogP contribution in [0, 0.1) is 17.8 Å². The summed E-state index contributed by atoms with van der Waals surface area (Å²) in [5.74, 6) is 3.29. The lowest BCUT2D eigenvalue weighted by atomic mass is 9.93. The Kier molecular flexibility index (Phi) is 3.08. The Bertz CT molecular complexity index is 804. The number of nitrogens with zero attached hydrogens (tertiary/aromatic N) is 3. The van der Waals surface area contributed by atoms with Gasteiger partial charge in [-0.15, -0.1) is 0 Å². The quantitative estimate of drug-likeness (QED) is 0.848. The van der Waals surface area contributed by atoms with E-state index in [1.54, 1.807) is 0 Å². The van der Waals surface area contributed by atoms with Crippen LogP contribution in [0.4, 0.5) is 0 Å². The maximum Gasteiger partial charge on any atom is 0.246 e. The molecule has 124 valence electrons. The van der Waals surface area contributed by atoms with Gasteiger partial charge in [0.05, 0.1) is 6.54 Å². The number of hydrogen-bond acceptors (Lipinski definition) is 6. The second-order valence-corrected chi connectivity index (χ2v) is 7.01. The molecule has 24 heavy (non-hydrogen) atoms. The second-order valence-electron chi connectivity index (χ2n) is 7.01. The fraction of sp³-hybridized carbons (Fsp3) is 0.529. The Morgan fingerprint density at radius 1 is 1.21 bits per heavy atom.